The maximum Gasteiger partial charge on any atom is 0.00981 e. The molecule has 1 saturated carbocycles. The molecule has 74 valence electrons. The van der Waals surface area contributed by atoms with E-state index < -0.39 is 0 Å². The van der Waals surface area contributed by atoms with Gasteiger partial charge in [-0.05, 0) is 44.1 Å². The molecule has 3 unspecified atom stereocenters. The van der Waals surface area contributed by atoms with E-state index in [4.69, 9.17) is 0 Å². The lowest BCUT2D eigenvalue weighted by Crippen LogP contribution is -2.48. The number of piperidine rings is 2. The van der Waals surface area contributed by atoms with Crippen molar-refractivity contribution >= 4 is 0 Å². The molecule has 0 amide bonds. The molecule has 0 radical (unpaired) electrons. The third-order valence-corrected chi connectivity index (χ3v) is 4.61. The van der Waals surface area contributed by atoms with E-state index in [1.165, 1.54) is 45.2 Å². The quantitative estimate of drug-likeness (QED) is 0.552. The van der Waals surface area contributed by atoms with E-state index in [-0.39, 0.29) is 0 Å². The van der Waals surface area contributed by atoms with Crippen molar-refractivity contribution in [3.63, 3.8) is 0 Å². The fourth-order valence-electron chi connectivity index (χ4n) is 3.88. The summed E-state index contributed by atoms with van der Waals surface area (Å²) in [6.07, 6.45) is 10.6. The van der Waals surface area contributed by atoms with Crippen LogP contribution in [0.2, 0.25) is 0 Å². The second kappa shape index (κ2) is 3.27. The summed E-state index contributed by atoms with van der Waals surface area (Å²) in [6, 6.07) is 0.994. The normalized spacial score (nSPS) is 45.7. The van der Waals surface area contributed by atoms with Gasteiger partial charge in [-0.15, -0.1) is 0 Å². The third-order valence-electron chi connectivity index (χ3n) is 4.61. The van der Waals surface area contributed by atoms with Crippen molar-refractivity contribution in [2.24, 2.45) is 11.8 Å². The maximum absolute atomic E-state index is 2.80. The first-order valence-corrected chi connectivity index (χ1v) is 6.17. The lowest BCUT2D eigenvalue weighted by molar-refractivity contribution is 0.0493. The summed E-state index contributed by atoms with van der Waals surface area (Å²) < 4.78 is 0. The minimum atomic E-state index is 0.994. The Morgan fingerprint density at radius 1 is 0.846 bits per heavy atom. The molecule has 0 aromatic rings. The molecular formula is C12H21N. The summed E-state index contributed by atoms with van der Waals surface area (Å²) in [6.45, 7) is 2.86. The zero-order chi connectivity index (χ0) is 8.67. The van der Waals surface area contributed by atoms with E-state index in [1.807, 2.05) is 0 Å². The largest absolute Gasteiger partial charge is 0.300 e. The highest BCUT2D eigenvalue weighted by Gasteiger charge is 2.38. The Bertz CT molecular complexity index is 170. The van der Waals surface area contributed by atoms with E-state index in [2.05, 4.69) is 4.90 Å². The predicted octanol–water partition coefficient (Wildman–Crippen LogP) is 2.66. The molecule has 13 heavy (non-hydrogen) atoms. The fraction of sp³-hybridized carbons (Fsp3) is 1.00. The standard InChI is InChI=1S/C12H21N/c1-2-7-13-9-11-5-3-4-10(11)8-12(13)6-1/h10-12H,1-9H2. The van der Waals surface area contributed by atoms with E-state index in [9.17, 15) is 0 Å². The van der Waals surface area contributed by atoms with Crippen LogP contribution in [-0.2, 0) is 0 Å². The number of nitrogens with zero attached hydrogens (tertiary/aromatic N) is 1. The molecule has 2 heterocycles. The number of hydrogen-bond acceptors (Lipinski definition) is 1. The van der Waals surface area contributed by atoms with Gasteiger partial charge in [0.1, 0.15) is 0 Å². The first-order chi connectivity index (χ1) is 6.43. The van der Waals surface area contributed by atoms with Gasteiger partial charge in [0.05, 0.1) is 0 Å². The van der Waals surface area contributed by atoms with E-state index in [0.717, 1.165) is 17.9 Å². The highest BCUT2D eigenvalue weighted by Crippen LogP contribution is 2.42. The van der Waals surface area contributed by atoms with Crippen molar-refractivity contribution in [1.29, 1.82) is 0 Å². The van der Waals surface area contributed by atoms with Crippen LogP contribution in [0.5, 0.6) is 0 Å². The molecule has 0 N–H and O–H groups in total. The minimum Gasteiger partial charge on any atom is -0.300 e. The van der Waals surface area contributed by atoms with Crippen LogP contribution in [0.1, 0.15) is 44.9 Å². The van der Waals surface area contributed by atoms with Gasteiger partial charge in [-0.1, -0.05) is 19.3 Å². The Labute approximate surface area is 81.5 Å². The van der Waals surface area contributed by atoms with Crippen molar-refractivity contribution in [1.82, 2.24) is 4.90 Å². The van der Waals surface area contributed by atoms with Crippen LogP contribution in [0.4, 0.5) is 0 Å². The van der Waals surface area contributed by atoms with Gasteiger partial charge < -0.3 is 4.90 Å². The van der Waals surface area contributed by atoms with Crippen LogP contribution >= 0.6 is 0 Å². The van der Waals surface area contributed by atoms with Crippen LogP contribution in [-0.4, -0.2) is 24.0 Å². The molecule has 0 aromatic carbocycles. The zero-order valence-electron chi connectivity index (χ0n) is 8.54. The van der Waals surface area contributed by atoms with Crippen LogP contribution in [0, 0.1) is 11.8 Å². The molecule has 0 aromatic heterocycles. The summed E-state index contributed by atoms with van der Waals surface area (Å²) in [7, 11) is 0. The molecule has 3 rings (SSSR count). The summed E-state index contributed by atoms with van der Waals surface area (Å²) in [5, 5.41) is 0. The lowest BCUT2D eigenvalue weighted by Gasteiger charge is -2.44. The monoisotopic (exact) mass is 179 g/mol. The summed E-state index contributed by atoms with van der Waals surface area (Å²) >= 11 is 0. The van der Waals surface area contributed by atoms with Gasteiger partial charge in [0.25, 0.3) is 0 Å². The average Bonchev–Trinajstić information content (AvgIpc) is 2.61. The molecule has 2 saturated heterocycles. The number of rotatable bonds is 0. The van der Waals surface area contributed by atoms with Gasteiger partial charge in [0.2, 0.25) is 0 Å². The molecule has 0 bridgehead atoms. The summed E-state index contributed by atoms with van der Waals surface area (Å²) in [5.74, 6) is 2.22. The van der Waals surface area contributed by atoms with Crippen molar-refractivity contribution in [3.05, 3.63) is 0 Å². The topological polar surface area (TPSA) is 3.24 Å². The summed E-state index contributed by atoms with van der Waals surface area (Å²) in [4.78, 5) is 2.80. The molecule has 1 aliphatic carbocycles. The molecule has 1 heteroatoms. The Morgan fingerprint density at radius 3 is 2.77 bits per heavy atom. The van der Waals surface area contributed by atoms with Gasteiger partial charge in [-0.2, -0.15) is 0 Å². The van der Waals surface area contributed by atoms with Crippen molar-refractivity contribution < 1.29 is 0 Å². The molecule has 1 nitrogen and oxygen atoms in total. The highest BCUT2D eigenvalue weighted by atomic mass is 15.2. The second-order valence-electron chi connectivity index (χ2n) is 5.33. The third kappa shape index (κ3) is 1.41. The van der Waals surface area contributed by atoms with Gasteiger partial charge in [0.15, 0.2) is 0 Å². The van der Waals surface area contributed by atoms with Crippen LogP contribution in [0.3, 0.4) is 0 Å². The maximum atomic E-state index is 2.80. The molecule has 3 aliphatic rings. The number of hydrogen-bond donors (Lipinski definition) is 0. The predicted molar refractivity (Wildman–Crippen MR) is 54.7 cm³/mol. The summed E-state index contributed by atoms with van der Waals surface area (Å²) in [5.41, 5.74) is 0. The molecule has 0 spiro atoms. The molecule has 2 aliphatic heterocycles. The SMILES string of the molecule is C1CC2CC3CCCCN3CC2C1. The average molecular weight is 179 g/mol. The number of fused-ring (bicyclic) bond motifs is 2. The lowest BCUT2D eigenvalue weighted by atomic mass is 9.81. The Hall–Kier alpha value is -0.0400. The van der Waals surface area contributed by atoms with Crippen LogP contribution < -0.4 is 0 Å². The highest BCUT2D eigenvalue weighted by molar-refractivity contribution is 4.91. The Kier molecular flexibility index (Phi) is 2.08. The van der Waals surface area contributed by atoms with Gasteiger partial charge in [-0.25, -0.2) is 0 Å². The van der Waals surface area contributed by atoms with Gasteiger partial charge >= 0.3 is 0 Å². The van der Waals surface area contributed by atoms with Crippen molar-refractivity contribution in [2.45, 2.75) is 51.0 Å². The Morgan fingerprint density at radius 2 is 1.77 bits per heavy atom. The van der Waals surface area contributed by atoms with Crippen LogP contribution in [0.25, 0.3) is 0 Å². The minimum absolute atomic E-state index is 0.994. The molecule has 3 atom stereocenters. The molecular weight excluding hydrogens is 158 g/mol. The van der Waals surface area contributed by atoms with Gasteiger partial charge in [0, 0.05) is 12.6 Å². The fourth-order valence-corrected chi connectivity index (χ4v) is 3.88. The smallest absolute Gasteiger partial charge is 0.00981 e. The van der Waals surface area contributed by atoms with E-state index in [0.29, 0.717) is 0 Å². The van der Waals surface area contributed by atoms with Crippen molar-refractivity contribution in [2.75, 3.05) is 13.1 Å². The van der Waals surface area contributed by atoms with Crippen LogP contribution in [0.15, 0.2) is 0 Å². The van der Waals surface area contributed by atoms with E-state index >= 15 is 0 Å². The second-order valence-corrected chi connectivity index (χ2v) is 5.33. The van der Waals surface area contributed by atoms with Gasteiger partial charge in [-0.3, -0.25) is 0 Å². The first-order valence-electron chi connectivity index (χ1n) is 6.17. The zero-order valence-corrected chi connectivity index (χ0v) is 8.54. The van der Waals surface area contributed by atoms with E-state index in [1.54, 1.807) is 12.8 Å². The van der Waals surface area contributed by atoms with Crippen molar-refractivity contribution in [3.8, 4) is 0 Å². The Balaban J connectivity index is 1.71. The molecule has 3 fully saturated rings. The first kappa shape index (κ1) is 8.28.